The highest BCUT2D eigenvalue weighted by Crippen LogP contribution is 2.19. The summed E-state index contributed by atoms with van der Waals surface area (Å²) < 4.78 is 15.6. The Balaban J connectivity index is 1.88. The van der Waals surface area contributed by atoms with Crippen molar-refractivity contribution in [2.45, 2.75) is 19.9 Å². The summed E-state index contributed by atoms with van der Waals surface area (Å²) in [5.74, 6) is 0.0572. The van der Waals surface area contributed by atoms with Gasteiger partial charge in [-0.05, 0) is 38.1 Å². The number of para-hydroxylation sites is 1. The third kappa shape index (κ3) is 4.60. The van der Waals surface area contributed by atoms with Gasteiger partial charge in [-0.25, -0.2) is 4.79 Å². The molecule has 0 unspecified atom stereocenters. The van der Waals surface area contributed by atoms with E-state index in [1.807, 2.05) is 6.92 Å². The van der Waals surface area contributed by atoms with E-state index >= 15 is 0 Å². The van der Waals surface area contributed by atoms with Crippen molar-refractivity contribution in [2.24, 2.45) is 0 Å². The number of esters is 1. The summed E-state index contributed by atoms with van der Waals surface area (Å²) in [7, 11) is 0. The van der Waals surface area contributed by atoms with E-state index in [4.69, 9.17) is 13.9 Å². The number of ether oxygens (including phenoxy) is 2. The number of carbonyl (C=O) groups is 2. The Kier molecular flexibility index (Phi) is 5.80. The summed E-state index contributed by atoms with van der Waals surface area (Å²) in [6.07, 6.45) is 1.53. The Labute approximate surface area is 134 Å². The van der Waals surface area contributed by atoms with Crippen molar-refractivity contribution >= 4 is 11.9 Å². The SMILES string of the molecule is CCOc1ccccc1C(=O)OCC(=O)N[C@H](C)c1ccco1. The van der Waals surface area contributed by atoms with Crippen molar-refractivity contribution in [1.82, 2.24) is 5.32 Å². The molecule has 0 saturated heterocycles. The number of benzene rings is 1. The molecular formula is C17H19NO5. The predicted octanol–water partition coefficient (Wildman–Crippen LogP) is 2.71. The van der Waals surface area contributed by atoms with Crippen molar-refractivity contribution in [3.05, 3.63) is 54.0 Å². The van der Waals surface area contributed by atoms with Gasteiger partial charge in [-0.3, -0.25) is 4.79 Å². The molecule has 0 radical (unpaired) electrons. The first-order chi connectivity index (χ1) is 11.1. The molecule has 2 aromatic rings. The molecule has 1 N–H and O–H groups in total. The minimum atomic E-state index is -0.602. The van der Waals surface area contributed by atoms with Gasteiger partial charge in [0.25, 0.3) is 5.91 Å². The minimum absolute atomic E-state index is 0.293. The molecule has 6 nitrogen and oxygen atoms in total. The summed E-state index contributed by atoms with van der Waals surface area (Å²) >= 11 is 0. The number of nitrogens with one attached hydrogen (secondary N) is 1. The van der Waals surface area contributed by atoms with Crippen LogP contribution in [-0.4, -0.2) is 25.1 Å². The molecule has 122 valence electrons. The van der Waals surface area contributed by atoms with Gasteiger partial charge in [0.1, 0.15) is 17.1 Å². The number of rotatable bonds is 7. The fraction of sp³-hybridized carbons (Fsp3) is 0.294. The Morgan fingerprint density at radius 3 is 2.70 bits per heavy atom. The molecule has 0 fully saturated rings. The number of furan rings is 1. The molecule has 0 aliphatic rings. The zero-order chi connectivity index (χ0) is 16.7. The van der Waals surface area contributed by atoms with Gasteiger partial charge in [-0.1, -0.05) is 12.1 Å². The molecule has 2 rings (SSSR count). The molecule has 0 bridgehead atoms. The lowest BCUT2D eigenvalue weighted by molar-refractivity contribution is -0.125. The largest absolute Gasteiger partial charge is 0.493 e. The van der Waals surface area contributed by atoms with Gasteiger partial charge in [-0.2, -0.15) is 0 Å². The van der Waals surface area contributed by atoms with E-state index in [0.29, 0.717) is 23.7 Å². The van der Waals surface area contributed by atoms with Crippen LogP contribution in [0.15, 0.2) is 47.1 Å². The molecular weight excluding hydrogens is 298 g/mol. The van der Waals surface area contributed by atoms with E-state index in [1.165, 1.54) is 6.26 Å². The number of hydrogen-bond acceptors (Lipinski definition) is 5. The topological polar surface area (TPSA) is 77.8 Å². The van der Waals surface area contributed by atoms with Gasteiger partial charge >= 0.3 is 5.97 Å². The summed E-state index contributed by atoms with van der Waals surface area (Å²) in [4.78, 5) is 23.9. The lowest BCUT2D eigenvalue weighted by Crippen LogP contribution is -2.31. The Morgan fingerprint density at radius 2 is 2.00 bits per heavy atom. The average molecular weight is 317 g/mol. The molecule has 0 aliphatic heterocycles. The maximum atomic E-state index is 12.1. The normalized spacial score (nSPS) is 11.6. The smallest absolute Gasteiger partial charge is 0.342 e. The van der Waals surface area contributed by atoms with Gasteiger partial charge in [0.15, 0.2) is 6.61 Å². The lowest BCUT2D eigenvalue weighted by atomic mass is 10.2. The van der Waals surface area contributed by atoms with E-state index in [9.17, 15) is 9.59 Å². The minimum Gasteiger partial charge on any atom is -0.493 e. The first-order valence-electron chi connectivity index (χ1n) is 7.33. The second-order valence-corrected chi connectivity index (χ2v) is 4.81. The molecule has 0 saturated carbocycles. The summed E-state index contributed by atoms with van der Waals surface area (Å²) in [6.45, 7) is 3.67. The van der Waals surface area contributed by atoms with Gasteiger partial charge in [0, 0.05) is 0 Å². The van der Waals surface area contributed by atoms with Crippen LogP contribution in [0.5, 0.6) is 5.75 Å². The highest BCUT2D eigenvalue weighted by atomic mass is 16.5. The summed E-state index contributed by atoms with van der Waals surface area (Å²) in [6, 6.07) is 9.94. The van der Waals surface area contributed by atoms with Crippen LogP contribution in [-0.2, 0) is 9.53 Å². The van der Waals surface area contributed by atoms with Crippen molar-refractivity contribution < 1.29 is 23.5 Å². The van der Waals surface area contributed by atoms with E-state index < -0.39 is 11.9 Å². The van der Waals surface area contributed by atoms with Crippen LogP contribution < -0.4 is 10.1 Å². The second-order valence-electron chi connectivity index (χ2n) is 4.81. The number of hydrogen-bond donors (Lipinski definition) is 1. The average Bonchev–Trinajstić information content (AvgIpc) is 3.08. The molecule has 23 heavy (non-hydrogen) atoms. The highest BCUT2D eigenvalue weighted by Gasteiger charge is 2.17. The maximum Gasteiger partial charge on any atom is 0.342 e. The monoisotopic (exact) mass is 317 g/mol. The van der Waals surface area contributed by atoms with Crippen LogP contribution in [0, 0.1) is 0 Å². The maximum absolute atomic E-state index is 12.1. The van der Waals surface area contributed by atoms with Gasteiger partial charge in [0.2, 0.25) is 0 Å². The van der Waals surface area contributed by atoms with Crippen LogP contribution in [0.3, 0.4) is 0 Å². The quantitative estimate of drug-likeness (QED) is 0.794. The molecule has 0 spiro atoms. The molecule has 1 aromatic carbocycles. The van der Waals surface area contributed by atoms with Gasteiger partial charge in [0.05, 0.1) is 18.9 Å². The molecule has 1 heterocycles. The van der Waals surface area contributed by atoms with Crippen molar-refractivity contribution in [2.75, 3.05) is 13.2 Å². The van der Waals surface area contributed by atoms with Crippen LogP contribution in [0.2, 0.25) is 0 Å². The number of carbonyl (C=O) groups excluding carboxylic acids is 2. The van der Waals surface area contributed by atoms with E-state index in [0.717, 1.165) is 0 Å². The highest BCUT2D eigenvalue weighted by molar-refractivity contribution is 5.94. The van der Waals surface area contributed by atoms with Crippen LogP contribution in [0.25, 0.3) is 0 Å². The third-order valence-electron chi connectivity index (χ3n) is 3.09. The van der Waals surface area contributed by atoms with Crippen molar-refractivity contribution in [3.63, 3.8) is 0 Å². The molecule has 6 heteroatoms. The van der Waals surface area contributed by atoms with Gasteiger partial charge in [-0.15, -0.1) is 0 Å². The zero-order valence-electron chi connectivity index (χ0n) is 13.1. The first kappa shape index (κ1) is 16.6. The fourth-order valence-corrected chi connectivity index (χ4v) is 2.02. The predicted molar refractivity (Wildman–Crippen MR) is 83.2 cm³/mol. The molecule has 0 aliphatic carbocycles. The summed E-state index contributed by atoms with van der Waals surface area (Å²) in [5.41, 5.74) is 0.293. The summed E-state index contributed by atoms with van der Waals surface area (Å²) in [5, 5.41) is 2.69. The lowest BCUT2D eigenvalue weighted by Gasteiger charge is -2.12. The van der Waals surface area contributed by atoms with E-state index in [2.05, 4.69) is 5.32 Å². The molecule has 1 aromatic heterocycles. The fourth-order valence-electron chi connectivity index (χ4n) is 2.02. The first-order valence-corrected chi connectivity index (χ1v) is 7.33. The Bertz CT molecular complexity index is 651. The number of amides is 1. The molecule has 1 amide bonds. The van der Waals surface area contributed by atoms with Crippen LogP contribution >= 0.6 is 0 Å². The second kappa shape index (κ2) is 8.03. The van der Waals surface area contributed by atoms with Crippen LogP contribution in [0.4, 0.5) is 0 Å². The Morgan fingerprint density at radius 1 is 1.22 bits per heavy atom. The van der Waals surface area contributed by atoms with E-state index in [1.54, 1.807) is 43.3 Å². The molecule has 1 atom stereocenters. The third-order valence-corrected chi connectivity index (χ3v) is 3.09. The Hall–Kier alpha value is -2.76. The van der Waals surface area contributed by atoms with Crippen LogP contribution in [0.1, 0.15) is 36.0 Å². The van der Waals surface area contributed by atoms with Gasteiger partial charge < -0.3 is 19.2 Å². The standard InChI is InChI=1S/C17H19NO5/c1-3-21-15-8-5-4-7-13(15)17(20)23-11-16(19)18-12(2)14-9-6-10-22-14/h4-10,12H,3,11H2,1-2H3,(H,18,19)/t12-/m1/s1. The van der Waals surface area contributed by atoms with E-state index in [-0.39, 0.29) is 12.6 Å². The van der Waals surface area contributed by atoms with Crippen molar-refractivity contribution in [1.29, 1.82) is 0 Å². The van der Waals surface area contributed by atoms with Crippen molar-refractivity contribution in [3.8, 4) is 5.75 Å². The zero-order valence-corrected chi connectivity index (χ0v) is 13.1.